The Morgan fingerprint density at radius 1 is 1.18 bits per heavy atom. The second kappa shape index (κ2) is 5.39. The monoisotopic (exact) mass is 238 g/mol. The molecular weight excluding hydrogens is 222 g/mol. The van der Waals surface area contributed by atoms with Gasteiger partial charge in [0.25, 0.3) is 0 Å². The van der Waals surface area contributed by atoms with Crippen molar-refractivity contribution in [1.82, 2.24) is 0 Å². The van der Waals surface area contributed by atoms with Crippen LogP contribution in [0, 0.1) is 17.6 Å². The number of hydrogen-bond donors (Lipinski definition) is 0. The Balaban J connectivity index is 2.05. The molecule has 0 N–H and O–H groups in total. The summed E-state index contributed by atoms with van der Waals surface area (Å²) in [5, 5.41) is 0. The highest BCUT2D eigenvalue weighted by molar-refractivity contribution is 5.96. The maximum absolute atomic E-state index is 13.4. The molecule has 92 valence electrons. The molecule has 1 aromatic carbocycles. The summed E-state index contributed by atoms with van der Waals surface area (Å²) in [6.45, 7) is 0. The predicted molar refractivity (Wildman–Crippen MR) is 61.9 cm³/mol. The summed E-state index contributed by atoms with van der Waals surface area (Å²) in [5.41, 5.74) is -0.101. The first-order chi connectivity index (χ1) is 8.16. The van der Waals surface area contributed by atoms with Crippen LogP contribution in [0.25, 0.3) is 0 Å². The maximum Gasteiger partial charge on any atom is 0.166 e. The van der Waals surface area contributed by atoms with E-state index in [9.17, 15) is 13.6 Å². The van der Waals surface area contributed by atoms with Gasteiger partial charge < -0.3 is 0 Å². The summed E-state index contributed by atoms with van der Waals surface area (Å²) in [4.78, 5) is 11.9. The van der Waals surface area contributed by atoms with Crippen LogP contribution in [0.2, 0.25) is 0 Å². The van der Waals surface area contributed by atoms with E-state index in [1.54, 1.807) is 0 Å². The lowest BCUT2D eigenvalue weighted by Crippen LogP contribution is -2.13. The molecule has 0 amide bonds. The molecular formula is C14H16F2O. The van der Waals surface area contributed by atoms with Crippen LogP contribution in [0.1, 0.15) is 48.9 Å². The molecule has 17 heavy (non-hydrogen) atoms. The van der Waals surface area contributed by atoms with E-state index < -0.39 is 11.6 Å². The smallest absolute Gasteiger partial charge is 0.166 e. The van der Waals surface area contributed by atoms with Crippen LogP contribution in [-0.2, 0) is 0 Å². The summed E-state index contributed by atoms with van der Waals surface area (Å²) in [6.07, 6.45) is 5.91. The van der Waals surface area contributed by atoms with E-state index in [2.05, 4.69) is 0 Å². The maximum atomic E-state index is 13.4. The summed E-state index contributed by atoms with van der Waals surface area (Å²) < 4.78 is 26.4. The first-order valence-electron chi connectivity index (χ1n) is 6.15. The van der Waals surface area contributed by atoms with Crippen LogP contribution in [0.4, 0.5) is 8.78 Å². The molecule has 0 aliphatic heterocycles. The van der Waals surface area contributed by atoms with E-state index >= 15 is 0 Å². The van der Waals surface area contributed by atoms with Gasteiger partial charge in [0.05, 0.1) is 5.56 Å². The summed E-state index contributed by atoms with van der Waals surface area (Å²) in [6, 6.07) is 3.05. The Morgan fingerprint density at radius 3 is 2.59 bits per heavy atom. The third-order valence-corrected chi connectivity index (χ3v) is 3.43. The van der Waals surface area contributed by atoms with Crippen molar-refractivity contribution < 1.29 is 13.6 Å². The summed E-state index contributed by atoms with van der Waals surface area (Å²) in [7, 11) is 0. The van der Waals surface area contributed by atoms with E-state index in [-0.39, 0.29) is 11.3 Å². The number of carbonyl (C=O) groups excluding carboxylic acids is 1. The van der Waals surface area contributed by atoms with Crippen molar-refractivity contribution in [1.29, 1.82) is 0 Å². The molecule has 0 heterocycles. The van der Waals surface area contributed by atoms with E-state index in [1.165, 1.54) is 6.42 Å². The van der Waals surface area contributed by atoms with Gasteiger partial charge in [-0.25, -0.2) is 8.78 Å². The van der Waals surface area contributed by atoms with Crippen LogP contribution >= 0.6 is 0 Å². The van der Waals surface area contributed by atoms with Gasteiger partial charge in [0.2, 0.25) is 0 Å². The summed E-state index contributed by atoms with van der Waals surface area (Å²) >= 11 is 0. The van der Waals surface area contributed by atoms with Gasteiger partial charge in [0.1, 0.15) is 11.6 Å². The van der Waals surface area contributed by atoms with Crippen LogP contribution in [0.3, 0.4) is 0 Å². The van der Waals surface area contributed by atoms with Crippen molar-refractivity contribution in [3.8, 4) is 0 Å². The molecule has 0 spiro atoms. The minimum atomic E-state index is -0.618. The molecule has 0 bridgehead atoms. The quantitative estimate of drug-likeness (QED) is 0.724. The average molecular weight is 238 g/mol. The van der Waals surface area contributed by atoms with Crippen LogP contribution in [0.15, 0.2) is 18.2 Å². The van der Waals surface area contributed by atoms with Gasteiger partial charge in [-0.05, 0) is 24.1 Å². The zero-order valence-corrected chi connectivity index (χ0v) is 9.72. The van der Waals surface area contributed by atoms with Gasteiger partial charge in [-0.3, -0.25) is 4.79 Å². The van der Waals surface area contributed by atoms with Crippen LogP contribution in [0.5, 0.6) is 0 Å². The lowest BCUT2D eigenvalue weighted by molar-refractivity contribution is 0.0945. The van der Waals surface area contributed by atoms with E-state index in [0.29, 0.717) is 12.3 Å². The molecule has 0 aromatic heterocycles. The SMILES string of the molecule is O=C(CC1CCCCC1)c1cc(F)ccc1F. The zero-order valence-electron chi connectivity index (χ0n) is 9.72. The molecule has 1 aromatic rings. The third-order valence-electron chi connectivity index (χ3n) is 3.43. The second-order valence-electron chi connectivity index (χ2n) is 4.76. The molecule has 0 radical (unpaired) electrons. The lowest BCUT2D eigenvalue weighted by atomic mass is 9.85. The standard InChI is InChI=1S/C14H16F2O/c15-11-6-7-13(16)12(9-11)14(17)8-10-4-2-1-3-5-10/h6-7,9-10H,1-5,8H2. The van der Waals surface area contributed by atoms with Gasteiger partial charge in [-0.1, -0.05) is 32.1 Å². The van der Waals surface area contributed by atoms with Crippen molar-refractivity contribution in [2.24, 2.45) is 5.92 Å². The molecule has 0 saturated heterocycles. The highest BCUT2D eigenvalue weighted by atomic mass is 19.1. The lowest BCUT2D eigenvalue weighted by Gasteiger charge is -2.20. The highest BCUT2D eigenvalue weighted by Crippen LogP contribution is 2.28. The number of benzene rings is 1. The first kappa shape index (κ1) is 12.2. The van der Waals surface area contributed by atoms with Gasteiger partial charge in [-0.2, -0.15) is 0 Å². The minimum Gasteiger partial charge on any atom is -0.294 e. The fraction of sp³-hybridized carbons (Fsp3) is 0.500. The molecule has 1 fully saturated rings. The number of Topliss-reactive ketones (excluding diaryl/α,β-unsaturated/α-hetero) is 1. The second-order valence-corrected chi connectivity index (χ2v) is 4.76. The Morgan fingerprint density at radius 2 is 1.88 bits per heavy atom. The van der Waals surface area contributed by atoms with Gasteiger partial charge >= 0.3 is 0 Å². The Kier molecular flexibility index (Phi) is 3.87. The van der Waals surface area contributed by atoms with Crippen LogP contribution in [-0.4, -0.2) is 5.78 Å². The molecule has 1 nitrogen and oxygen atoms in total. The van der Waals surface area contributed by atoms with E-state index in [0.717, 1.165) is 43.9 Å². The molecule has 2 rings (SSSR count). The summed E-state index contributed by atoms with van der Waals surface area (Å²) in [5.74, 6) is -1.10. The number of carbonyl (C=O) groups is 1. The molecule has 1 saturated carbocycles. The molecule has 1 aliphatic rings. The van der Waals surface area contributed by atoms with Crippen molar-refractivity contribution in [2.45, 2.75) is 38.5 Å². The van der Waals surface area contributed by atoms with Gasteiger partial charge in [0, 0.05) is 6.42 Å². The molecule has 1 aliphatic carbocycles. The first-order valence-corrected chi connectivity index (χ1v) is 6.15. The predicted octanol–water partition coefficient (Wildman–Crippen LogP) is 4.12. The largest absolute Gasteiger partial charge is 0.294 e. The number of rotatable bonds is 3. The van der Waals surface area contributed by atoms with E-state index in [4.69, 9.17) is 0 Å². The van der Waals surface area contributed by atoms with Crippen molar-refractivity contribution in [2.75, 3.05) is 0 Å². The van der Waals surface area contributed by atoms with Crippen molar-refractivity contribution in [3.05, 3.63) is 35.4 Å². The fourth-order valence-corrected chi connectivity index (χ4v) is 2.47. The zero-order chi connectivity index (χ0) is 12.3. The van der Waals surface area contributed by atoms with Gasteiger partial charge in [0.15, 0.2) is 5.78 Å². The van der Waals surface area contributed by atoms with E-state index in [1.807, 2.05) is 0 Å². The fourth-order valence-electron chi connectivity index (χ4n) is 2.47. The normalized spacial score (nSPS) is 17.1. The Labute approximate surface area is 99.8 Å². The van der Waals surface area contributed by atoms with Crippen molar-refractivity contribution >= 4 is 5.78 Å². The molecule has 0 unspecified atom stereocenters. The average Bonchev–Trinajstić information content (AvgIpc) is 2.33. The molecule has 3 heteroatoms. The number of hydrogen-bond acceptors (Lipinski definition) is 1. The highest BCUT2D eigenvalue weighted by Gasteiger charge is 2.20. The topological polar surface area (TPSA) is 17.1 Å². The third kappa shape index (κ3) is 3.11. The number of halogens is 2. The van der Waals surface area contributed by atoms with Gasteiger partial charge in [-0.15, -0.1) is 0 Å². The Hall–Kier alpha value is -1.25. The van der Waals surface area contributed by atoms with Crippen LogP contribution < -0.4 is 0 Å². The minimum absolute atomic E-state index is 0.101. The van der Waals surface area contributed by atoms with Crippen molar-refractivity contribution in [3.63, 3.8) is 0 Å². The number of ketones is 1. The molecule has 0 atom stereocenters. The Bertz CT molecular complexity index is 409.